The number of hydrogen-bond donors (Lipinski definition) is 1. The molecule has 0 fully saturated rings. The van der Waals surface area contributed by atoms with Crippen LogP contribution in [-0.2, 0) is 4.79 Å². The molecule has 24 heavy (non-hydrogen) atoms. The summed E-state index contributed by atoms with van der Waals surface area (Å²) in [7, 11) is 0. The fraction of sp³-hybridized carbons (Fsp3) is 0.176. The van der Waals surface area contributed by atoms with E-state index in [1.807, 2.05) is 18.4 Å². The monoisotopic (exact) mass is 359 g/mol. The summed E-state index contributed by atoms with van der Waals surface area (Å²) >= 11 is 3.28. The molecule has 7 heteroatoms. The molecule has 0 saturated carbocycles. The second-order valence-electron chi connectivity index (χ2n) is 5.49. The molecule has 0 aliphatic carbocycles. The van der Waals surface area contributed by atoms with Crippen molar-refractivity contribution in [3.05, 3.63) is 63.7 Å². The fourth-order valence-corrected chi connectivity index (χ4v) is 4.98. The first-order valence-corrected chi connectivity index (χ1v) is 9.36. The summed E-state index contributed by atoms with van der Waals surface area (Å²) in [5.74, 6) is 0.709. The third-order valence-electron chi connectivity index (χ3n) is 3.88. The van der Waals surface area contributed by atoms with Crippen LogP contribution in [0, 0.1) is 12.7 Å². The van der Waals surface area contributed by atoms with Crippen molar-refractivity contribution in [3.8, 4) is 5.69 Å². The average Bonchev–Trinajstić information content (AvgIpc) is 3.15. The van der Waals surface area contributed by atoms with Gasteiger partial charge in [0.1, 0.15) is 11.6 Å². The molecule has 1 aliphatic heterocycles. The molecule has 1 atom stereocenters. The maximum absolute atomic E-state index is 13.2. The predicted octanol–water partition coefficient (Wildman–Crippen LogP) is 4.16. The normalized spacial score (nSPS) is 17.2. The van der Waals surface area contributed by atoms with E-state index in [4.69, 9.17) is 0 Å². The molecular formula is C17H14FN3OS2. The summed E-state index contributed by atoms with van der Waals surface area (Å²) in [5.41, 5.74) is 2.60. The molecule has 1 amide bonds. The molecule has 2 aromatic heterocycles. The number of carbonyl (C=O) groups excluding carboxylic acids is 1. The first-order chi connectivity index (χ1) is 11.6. The predicted molar refractivity (Wildman–Crippen MR) is 95.5 cm³/mol. The van der Waals surface area contributed by atoms with Crippen molar-refractivity contribution in [3.63, 3.8) is 0 Å². The lowest BCUT2D eigenvalue weighted by atomic mass is 10.1. The first kappa shape index (κ1) is 15.4. The van der Waals surface area contributed by atoms with Crippen LogP contribution in [0.3, 0.4) is 0 Å². The lowest BCUT2D eigenvalue weighted by Crippen LogP contribution is -2.15. The van der Waals surface area contributed by atoms with Gasteiger partial charge in [-0.15, -0.1) is 23.1 Å². The van der Waals surface area contributed by atoms with Gasteiger partial charge in [0.25, 0.3) is 0 Å². The summed E-state index contributed by atoms with van der Waals surface area (Å²) in [5, 5.41) is 9.67. The van der Waals surface area contributed by atoms with Crippen molar-refractivity contribution in [2.75, 3.05) is 11.1 Å². The number of aryl methyl sites for hydroxylation is 1. The van der Waals surface area contributed by atoms with Gasteiger partial charge in [0.15, 0.2) is 0 Å². The van der Waals surface area contributed by atoms with Crippen LogP contribution in [0.15, 0.2) is 41.8 Å². The molecule has 1 N–H and O–H groups in total. The zero-order valence-corrected chi connectivity index (χ0v) is 14.5. The second kappa shape index (κ2) is 6.07. The van der Waals surface area contributed by atoms with Crippen LogP contribution < -0.4 is 5.32 Å². The van der Waals surface area contributed by atoms with Gasteiger partial charge in [-0.1, -0.05) is 6.07 Å². The Morgan fingerprint density at radius 1 is 1.29 bits per heavy atom. The van der Waals surface area contributed by atoms with Crippen molar-refractivity contribution >= 4 is 34.8 Å². The molecule has 3 aromatic rings. The van der Waals surface area contributed by atoms with E-state index >= 15 is 0 Å². The number of fused-ring (bicyclic) bond motifs is 1. The molecule has 122 valence electrons. The topological polar surface area (TPSA) is 46.9 Å². The van der Waals surface area contributed by atoms with E-state index in [-0.39, 0.29) is 17.0 Å². The lowest BCUT2D eigenvalue weighted by molar-refractivity contribution is -0.113. The van der Waals surface area contributed by atoms with Crippen LogP contribution in [0.2, 0.25) is 0 Å². The minimum Gasteiger partial charge on any atom is -0.310 e. The Kier molecular flexibility index (Phi) is 3.90. The van der Waals surface area contributed by atoms with Gasteiger partial charge in [-0.3, -0.25) is 4.79 Å². The molecule has 4 rings (SSSR count). The molecule has 1 aromatic carbocycles. The molecule has 3 heterocycles. The number of halogens is 1. The lowest BCUT2D eigenvalue weighted by Gasteiger charge is -2.13. The van der Waals surface area contributed by atoms with Crippen molar-refractivity contribution < 1.29 is 9.18 Å². The van der Waals surface area contributed by atoms with E-state index < -0.39 is 0 Å². The van der Waals surface area contributed by atoms with Crippen LogP contribution in [0.5, 0.6) is 0 Å². The summed E-state index contributed by atoms with van der Waals surface area (Å²) in [6, 6.07) is 10.2. The highest BCUT2D eigenvalue weighted by Gasteiger charge is 2.30. The number of benzene rings is 1. The number of thiophene rings is 1. The highest BCUT2D eigenvalue weighted by Crippen LogP contribution is 2.45. The smallest absolute Gasteiger partial charge is 0.235 e. The number of rotatable bonds is 2. The van der Waals surface area contributed by atoms with E-state index in [9.17, 15) is 9.18 Å². The molecule has 0 spiro atoms. The molecule has 0 unspecified atom stereocenters. The van der Waals surface area contributed by atoms with Crippen LogP contribution in [-0.4, -0.2) is 21.4 Å². The Morgan fingerprint density at radius 2 is 2.08 bits per heavy atom. The Balaban J connectivity index is 1.89. The van der Waals surface area contributed by atoms with Gasteiger partial charge in [0.2, 0.25) is 5.91 Å². The van der Waals surface area contributed by atoms with Crippen LogP contribution in [0.4, 0.5) is 10.2 Å². The quantitative estimate of drug-likeness (QED) is 0.747. The third-order valence-corrected chi connectivity index (χ3v) is 6.22. The SMILES string of the molecule is Cc1nn(-c2ccc(F)cc2)c2c1[C@@H](c1cccs1)SCC(=O)N2. The highest BCUT2D eigenvalue weighted by molar-refractivity contribution is 8.00. The molecule has 4 nitrogen and oxygen atoms in total. The molecule has 0 bridgehead atoms. The Labute approximate surface area is 146 Å². The number of nitrogens with zero attached hydrogens (tertiary/aromatic N) is 2. The van der Waals surface area contributed by atoms with Gasteiger partial charge in [-0.25, -0.2) is 9.07 Å². The van der Waals surface area contributed by atoms with E-state index in [0.717, 1.165) is 16.9 Å². The van der Waals surface area contributed by atoms with Gasteiger partial charge < -0.3 is 5.32 Å². The summed E-state index contributed by atoms with van der Waals surface area (Å²) in [6.45, 7) is 1.94. The maximum Gasteiger partial charge on any atom is 0.235 e. The number of thioether (sulfide) groups is 1. The molecular weight excluding hydrogens is 345 g/mol. The minimum atomic E-state index is -0.301. The van der Waals surface area contributed by atoms with Crippen LogP contribution in [0.25, 0.3) is 5.69 Å². The molecule has 0 saturated heterocycles. The van der Waals surface area contributed by atoms with Crippen molar-refractivity contribution in [2.45, 2.75) is 12.2 Å². The second-order valence-corrected chi connectivity index (χ2v) is 7.56. The van der Waals surface area contributed by atoms with Crippen molar-refractivity contribution in [1.29, 1.82) is 0 Å². The zero-order valence-electron chi connectivity index (χ0n) is 12.8. The van der Waals surface area contributed by atoms with Crippen LogP contribution in [0.1, 0.15) is 21.4 Å². The average molecular weight is 359 g/mol. The van der Waals surface area contributed by atoms with Gasteiger partial charge in [0, 0.05) is 10.4 Å². The van der Waals surface area contributed by atoms with Crippen molar-refractivity contribution in [1.82, 2.24) is 9.78 Å². The molecule has 1 aliphatic rings. The highest BCUT2D eigenvalue weighted by atomic mass is 32.2. The standard InChI is InChI=1S/C17H14FN3OS2/c1-10-15-16(13-3-2-8-23-13)24-9-14(22)19-17(15)21(20-10)12-6-4-11(18)5-7-12/h2-8,16H,9H2,1H3,(H,19,22)/t16-/m1/s1. The fourth-order valence-electron chi connectivity index (χ4n) is 2.82. The summed E-state index contributed by atoms with van der Waals surface area (Å²) < 4.78 is 14.9. The number of nitrogens with one attached hydrogen (secondary N) is 1. The first-order valence-electron chi connectivity index (χ1n) is 7.44. The third kappa shape index (κ3) is 2.63. The van der Waals surface area contributed by atoms with Gasteiger partial charge in [-0.2, -0.15) is 5.10 Å². The zero-order chi connectivity index (χ0) is 16.7. The Hall–Kier alpha value is -2.12. The number of aromatic nitrogens is 2. The maximum atomic E-state index is 13.2. The summed E-state index contributed by atoms with van der Waals surface area (Å²) in [4.78, 5) is 13.4. The van der Waals surface area contributed by atoms with Gasteiger partial charge >= 0.3 is 0 Å². The number of anilines is 1. The van der Waals surface area contributed by atoms with Gasteiger partial charge in [-0.05, 0) is 42.6 Å². The number of amides is 1. The van der Waals surface area contributed by atoms with Crippen molar-refractivity contribution in [2.24, 2.45) is 0 Å². The van der Waals surface area contributed by atoms with E-state index in [1.54, 1.807) is 39.9 Å². The molecule has 0 radical (unpaired) electrons. The summed E-state index contributed by atoms with van der Waals surface area (Å²) in [6.07, 6.45) is 0. The van der Waals surface area contributed by atoms with Crippen LogP contribution >= 0.6 is 23.1 Å². The Bertz CT molecular complexity index is 887. The van der Waals surface area contributed by atoms with E-state index in [0.29, 0.717) is 11.6 Å². The number of hydrogen-bond acceptors (Lipinski definition) is 4. The largest absolute Gasteiger partial charge is 0.310 e. The van der Waals surface area contributed by atoms with E-state index in [2.05, 4.69) is 16.5 Å². The van der Waals surface area contributed by atoms with E-state index in [1.165, 1.54) is 17.0 Å². The Morgan fingerprint density at radius 3 is 2.79 bits per heavy atom. The van der Waals surface area contributed by atoms with Gasteiger partial charge in [0.05, 0.1) is 22.4 Å². The minimum absolute atomic E-state index is 0.0523. The number of carbonyl (C=O) groups is 1.